The first-order valence-electron chi connectivity index (χ1n) is 14.4. The maximum Gasteiger partial charge on any atom is 0.412 e. The van der Waals surface area contributed by atoms with Gasteiger partial charge in [0.2, 0.25) is 0 Å². The van der Waals surface area contributed by atoms with Gasteiger partial charge in [-0.15, -0.1) is 0 Å². The van der Waals surface area contributed by atoms with Crippen molar-refractivity contribution in [1.82, 2.24) is 0 Å². The fraction of sp³-hybridized carbons (Fsp3) is 0.364. The molecule has 0 unspecified atom stereocenters. The largest absolute Gasteiger partial charge is 0.439 e. The zero-order valence-corrected chi connectivity index (χ0v) is 26.0. The van der Waals surface area contributed by atoms with E-state index in [1.54, 1.807) is 36.4 Å². The van der Waals surface area contributed by atoms with Gasteiger partial charge in [0.15, 0.2) is 24.6 Å². The Kier molecular flexibility index (Phi) is 10.7. The average Bonchev–Trinajstić information content (AvgIpc) is 2.90. The Hall–Kier alpha value is -4.65. The normalized spacial score (nSPS) is 20.9. The topological polar surface area (TPSA) is 165 Å². The van der Waals surface area contributed by atoms with Crippen LogP contribution in [0.2, 0.25) is 0 Å². The molecular weight excluding hydrogens is 582 g/mol. The van der Waals surface area contributed by atoms with Gasteiger partial charge in [0, 0.05) is 17.1 Å². The van der Waals surface area contributed by atoms with Crippen LogP contribution in [0.15, 0.2) is 54.6 Å². The number of rotatable bonds is 7. The van der Waals surface area contributed by atoms with Gasteiger partial charge in [0.05, 0.1) is 6.61 Å². The molecule has 3 aromatic carbocycles. The molecule has 1 aliphatic rings. The number of carbonyl (C=O) groups excluding carboxylic acids is 3. The van der Waals surface area contributed by atoms with E-state index in [1.165, 1.54) is 0 Å². The second-order valence-corrected chi connectivity index (χ2v) is 11.4. The zero-order valence-electron chi connectivity index (χ0n) is 26.0. The zero-order chi connectivity index (χ0) is 32.8. The fourth-order valence-corrected chi connectivity index (χ4v) is 5.40. The van der Waals surface area contributed by atoms with Crippen LogP contribution < -0.4 is 16.0 Å². The van der Waals surface area contributed by atoms with E-state index in [2.05, 4.69) is 16.0 Å². The smallest absolute Gasteiger partial charge is 0.412 e. The van der Waals surface area contributed by atoms with Crippen LogP contribution in [0.5, 0.6) is 0 Å². The summed E-state index contributed by atoms with van der Waals surface area (Å²) in [7, 11) is 0. The molecule has 1 aliphatic heterocycles. The summed E-state index contributed by atoms with van der Waals surface area (Å²) in [5.74, 6) is 0. The molecule has 12 heteroatoms. The molecule has 1 heterocycles. The van der Waals surface area contributed by atoms with E-state index >= 15 is 0 Å². The molecule has 0 aromatic heterocycles. The lowest BCUT2D eigenvalue weighted by Gasteiger charge is -2.42. The molecule has 0 bridgehead atoms. The minimum atomic E-state index is -1.85. The third-order valence-corrected chi connectivity index (χ3v) is 6.92. The highest BCUT2D eigenvalue weighted by atomic mass is 16.7. The first-order chi connectivity index (χ1) is 21.3. The second kappa shape index (κ2) is 14.4. The van der Waals surface area contributed by atoms with Gasteiger partial charge in [-0.25, -0.2) is 14.4 Å². The number of hydrogen-bond acceptors (Lipinski definition) is 9. The average molecular weight is 622 g/mol. The summed E-state index contributed by atoms with van der Waals surface area (Å²) in [6, 6.07) is 16.1. The van der Waals surface area contributed by atoms with Crippen molar-refractivity contribution in [3.63, 3.8) is 0 Å². The van der Waals surface area contributed by atoms with Crippen molar-refractivity contribution in [1.29, 1.82) is 0 Å². The van der Waals surface area contributed by atoms with Crippen molar-refractivity contribution in [3.05, 3.63) is 88.0 Å². The number of carbonyl (C=O) groups is 3. The maximum atomic E-state index is 13.2. The standard InChI is InChI=1S/C33H39N3O9/c1-17-7-18(2)11-23(10-17)34-31(39)43-27-26(16-37)42-30(38)29(45-33(41)36-25-14-21(5)9-22(6)15-25)28(27)44-32(40)35-24-12-19(3)8-20(4)13-24/h7-15,26-30,37-38H,16H2,1-6H3,(H,34,39)(H,35,40)(H,36,41)/t26-,27-,28+,29-,30-/m1/s1. The van der Waals surface area contributed by atoms with E-state index < -0.39 is 55.6 Å². The highest BCUT2D eigenvalue weighted by Gasteiger charge is 2.52. The SMILES string of the molecule is Cc1cc(C)cc(NC(=O)O[C@@H]2[C@@H](OC(=O)Nc3cc(C)cc(C)c3)[C@H](O)O[C@H](CO)[C@H]2OC(=O)Nc2cc(C)cc(C)c2)c1. The van der Waals surface area contributed by atoms with E-state index in [9.17, 15) is 24.6 Å². The Balaban J connectivity index is 1.60. The lowest BCUT2D eigenvalue weighted by atomic mass is 9.98. The molecule has 0 saturated carbocycles. The van der Waals surface area contributed by atoms with Crippen molar-refractivity contribution in [2.45, 2.75) is 72.2 Å². The van der Waals surface area contributed by atoms with E-state index in [0.29, 0.717) is 17.1 Å². The van der Waals surface area contributed by atoms with Crippen molar-refractivity contribution in [2.75, 3.05) is 22.6 Å². The Bertz CT molecular complexity index is 1500. The Labute approximate surface area is 261 Å². The van der Waals surface area contributed by atoms with Crippen LogP contribution >= 0.6 is 0 Å². The van der Waals surface area contributed by atoms with Gasteiger partial charge in [-0.1, -0.05) is 18.2 Å². The fourth-order valence-electron chi connectivity index (χ4n) is 5.40. The quantitative estimate of drug-likeness (QED) is 0.217. The lowest BCUT2D eigenvalue weighted by molar-refractivity contribution is -0.282. The second-order valence-electron chi connectivity index (χ2n) is 11.4. The van der Waals surface area contributed by atoms with Gasteiger partial charge in [-0.05, 0) is 111 Å². The molecule has 5 atom stereocenters. The predicted octanol–water partition coefficient (Wildman–Crippen LogP) is 5.40. The molecule has 0 aliphatic carbocycles. The van der Waals surface area contributed by atoms with Crippen LogP contribution in [-0.2, 0) is 18.9 Å². The first-order valence-corrected chi connectivity index (χ1v) is 14.4. The molecule has 0 radical (unpaired) electrons. The Morgan fingerprint density at radius 1 is 0.578 bits per heavy atom. The molecule has 0 spiro atoms. The molecule has 4 rings (SSSR count). The van der Waals surface area contributed by atoms with E-state index in [4.69, 9.17) is 18.9 Å². The Morgan fingerprint density at radius 3 is 1.22 bits per heavy atom. The first kappa shape index (κ1) is 33.2. The third kappa shape index (κ3) is 9.17. The maximum absolute atomic E-state index is 13.2. The minimum absolute atomic E-state index is 0.430. The molecule has 45 heavy (non-hydrogen) atoms. The number of aryl methyl sites for hydroxylation is 6. The molecule has 3 amide bonds. The summed E-state index contributed by atoms with van der Waals surface area (Å²) in [4.78, 5) is 39.2. The van der Waals surface area contributed by atoms with E-state index in [1.807, 2.05) is 59.7 Å². The Morgan fingerprint density at radius 2 is 0.889 bits per heavy atom. The highest BCUT2D eigenvalue weighted by Crippen LogP contribution is 2.29. The molecule has 5 N–H and O–H groups in total. The predicted molar refractivity (Wildman–Crippen MR) is 167 cm³/mol. The number of aliphatic hydroxyl groups is 2. The molecule has 3 aromatic rings. The number of nitrogens with one attached hydrogen (secondary N) is 3. The summed E-state index contributed by atoms with van der Waals surface area (Å²) in [5, 5.41) is 28.8. The van der Waals surface area contributed by atoms with Crippen molar-refractivity contribution in [3.8, 4) is 0 Å². The van der Waals surface area contributed by atoms with E-state index in [0.717, 1.165) is 33.4 Å². The van der Waals surface area contributed by atoms with Crippen LogP contribution in [0.25, 0.3) is 0 Å². The van der Waals surface area contributed by atoms with Gasteiger partial charge in [0.1, 0.15) is 6.10 Å². The number of anilines is 3. The molecule has 240 valence electrons. The summed E-state index contributed by atoms with van der Waals surface area (Å²) in [5.41, 5.74) is 6.67. The monoisotopic (exact) mass is 621 g/mol. The summed E-state index contributed by atoms with van der Waals surface area (Å²) in [6.07, 6.45) is -10.9. The summed E-state index contributed by atoms with van der Waals surface area (Å²) >= 11 is 0. The van der Waals surface area contributed by atoms with Crippen LogP contribution in [-0.4, -0.2) is 65.8 Å². The molecule has 12 nitrogen and oxygen atoms in total. The van der Waals surface area contributed by atoms with Crippen molar-refractivity contribution in [2.24, 2.45) is 0 Å². The van der Waals surface area contributed by atoms with Crippen molar-refractivity contribution >= 4 is 35.3 Å². The summed E-state index contributed by atoms with van der Waals surface area (Å²) < 4.78 is 22.3. The van der Waals surface area contributed by atoms with E-state index in [-0.39, 0.29) is 0 Å². The molecular formula is C33H39N3O9. The number of aliphatic hydroxyl groups excluding tert-OH is 2. The molecule has 1 saturated heterocycles. The van der Waals surface area contributed by atoms with Gasteiger partial charge < -0.3 is 29.2 Å². The van der Waals surface area contributed by atoms with Gasteiger partial charge >= 0.3 is 18.3 Å². The van der Waals surface area contributed by atoms with Crippen molar-refractivity contribution < 1.29 is 43.5 Å². The number of amides is 3. The van der Waals surface area contributed by atoms with Crippen LogP contribution in [0, 0.1) is 41.5 Å². The van der Waals surface area contributed by atoms with Crippen LogP contribution in [0.1, 0.15) is 33.4 Å². The summed E-state index contributed by atoms with van der Waals surface area (Å²) in [6.45, 7) is 10.5. The van der Waals surface area contributed by atoms with Crippen LogP contribution in [0.3, 0.4) is 0 Å². The highest BCUT2D eigenvalue weighted by molar-refractivity contribution is 5.87. The van der Waals surface area contributed by atoms with Crippen LogP contribution in [0.4, 0.5) is 31.4 Å². The van der Waals surface area contributed by atoms with Gasteiger partial charge in [-0.3, -0.25) is 16.0 Å². The minimum Gasteiger partial charge on any atom is -0.439 e. The lowest BCUT2D eigenvalue weighted by Crippen LogP contribution is -2.62. The number of hydrogen-bond donors (Lipinski definition) is 5. The number of ether oxygens (including phenoxy) is 4. The third-order valence-electron chi connectivity index (χ3n) is 6.92. The van der Waals surface area contributed by atoms with Gasteiger partial charge in [-0.2, -0.15) is 0 Å². The molecule has 1 fully saturated rings. The van der Waals surface area contributed by atoms with Gasteiger partial charge in [0.25, 0.3) is 0 Å². The number of benzene rings is 3.